The van der Waals surface area contributed by atoms with Gasteiger partial charge in [-0.1, -0.05) is 73.2 Å². The van der Waals surface area contributed by atoms with Crippen LogP contribution >= 0.6 is 15.9 Å². The summed E-state index contributed by atoms with van der Waals surface area (Å²) in [5, 5.41) is 19.8. The van der Waals surface area contributed by atoms with Gasteiger partial charge in [-0.15, -0.1) is 0 Å². The predicted molar refractivity (Wildman–Crippen MR) is 131 cm³/mol. The smallest absolute Gasteiger partial charge is 0.335 e. The minimum atomic E-state index is -0.976. The van der Waals surface area contributed by atoms with Gasteiger partial charge in [-0.3, -0.25) is 0 Å². The van der Waals surface area contributed by atoms with E-state index in [4.69, 9.17) is 0 Å². The molecule has 0 heterocycles. The van der Waals surface area contributed by atoms with E-state index in [1.54, 1.807) is 6.07 Å². The standard InChI is InChI=1S/C27H35BrO3/c1-17-7-6-13-26(3,4)21(17)12-14-27(5)22(18(2)8-11-24(27)28)16-20-15-19(25(30)31)9-10-23(20)29/h6,9-10,13,15,21-22,24,29H,1-2,7-8,11-12,14,16H2,3-5H3,(H,30,31). The van der Waals surface area contributed by atoms with Crippen LogP contribution in [0.5, 0.6) is 5.75 Å². The van der Waals surface area contributed by atoms with Crippen LogP contribution in [0.4, 0.5) is 0 Å². The Morgan fingerprint density at radius 1 is 1.19 bits per heavy atom. The molecule has 4 heteroatoms. The minimum Gasteiger partial charge on any atom is -0.508 e. The van der Waals surface area contributed by atoms with Crippen LogP contribution in [0, 0.1) is 22.7 Å². The normalized spacial score (nSPS) is 30.4. The molecular weight excluding hydrogens is 452 g/mol. The van der Waals surface area contributed by atoms with Crippen molar-refractivity contribution in [2.24, 2.45) is 22.7 Å². The molecule has 4 unspecified atom stereocenters. The maximum atomic E-state index is 11.4. The SMILES string of the molecule is C=C1CC=CC(C)(C)C1CCC1(C)C(Br)CCC(=C)C1Cc1cc(C(=O)O)ccc1O. The molecule has 1 saturated carbocycles. The second kappa shape index (κ2) is 8.97. The lowest BCUT2D eigenvalue weighted by Crippen LogP contribution is -2.42. The number of carboxylic acid groups (broad SMARTS) is 1. The van der Waals surface area contributed by atoms with Crippen molar-refractivity contribution in [2.45, 2.75) is 64.1 Å². The summed E-state index contributed by atoms with van der Waals surface area (Å²) in [7, 11) is 0. The van der Waals surface area contributed by atoms with Crippen molar-refractivity contribution in [1.29, 1.82) is 0 Å². The van der Waals surface area contributed by atoms with Crippen LogP contribution < -0.4 is 0 Å². The van der Waals surface area contributed by atoms with Crippen molar-refractivity contribution in [3.05, 3.63) is 65.8 Å². The molecule has 4 atom stereocenters. The first-order valence-corrected chi connectivity index (χ1v) is 12.1. The third kappa shape index (κ3) is 4.84. The van der Waals surface area contributed by atoms with Crippen LogP contribution in [0.25, 0.3) is 0 Å². The van der Waals surface area contributed by atoms with Crippen molar-refractivity contribution < 1.29 is 15.0 Å². The molecule has 0 aromatic heterocycles. The fourth-order valence-corrected chi connectivity index (χ4v) is 6.42. The van der Waals surface area contributed by atoms with E-state index < -0.39 is 5.97 Å². The Bertz CT molecular complexity index is 913. The van der Waals surface area contributed by atoms with Crippen molar-refractivity contribution in [2.75, 3.05) is 0 Å². The van der Waals surface area contributed by atoms with E-state index in [-0.39, 0.29) is 28.1 Å². The van der Waals surface area contributed by atoms with Gasteiger partial charge in [0, 0.05) is 4.83 Å². The molecule has 0 spiro atoms. The number of halogens is 1. The Labute approximate surface area is 195 Å². The number of rotatable bonds is 6. The van der Waals surface area contributed by atoms with Crippen molar-refractivity contribution in [3.63, 3.8) is 0 Å². The van der Waals surface area contributed by atoms with Crippen LogP contribution in [0.2, 0.25) is 0 Å². The van der Waals surface area contributed by atoms with E-state index in [1.165, 1.54) is 23.3 Å². The maximum absolute atomic E-state index is 11.4. The first kappa shape index (κ1) is 23.8. The molecule has 0 saturated heterocycles. The van der Waals surface area contributed by atoms with E-state index in [9.17, 15) is 15.0 Å². The van der Waals surface area contributed by atoms with Crippen molar-refractivity contribution >= 4 is 21.9 Å². The lowest BCUT2D eigenvalue weighted by molar-refractivity contribution is 0.0696. The van der Waals surface area contributed by atoms with Crippen LogP contribution in [0.3, 0.4) is 0 Å². The predicted octanol–water partition coefficient (Wildman–Crippen LogP) is 7.31. The third-order valence-electron chi connectivity index (χ3n) is 7.76. The van der Waals surface area contributed by atoms with Crippen molar-refractivity contribution in [3.8, 4) is 5.75 Å². The van der Waals surface area contributed by atoms with Crippen LogP contribution in [-0.4, -0.2) is 21.0 Å². The largest absolute Gasteiger partial charge is 0.508 e. The quantitative estimate of drug-likeness (QED) is 0.327. The fraction of sp³-hybridized carbons (Fsp3) is 0.519. The highest BCUT2D eigenvalue weighted by Crippen LogP contribution is 2.53. The topological polar surface area (TPSA) is 57.5 Å². The van der Waals surface area contributed by atoms with Gasteiger partial charge in [0.2, 0.25) is 0 Å². The molecule has 0 amide bonds. The second-order valence-corrected chi connectivity index (χ2v) is 11.4. The summed E-state index contributed by atoms with van der Waals surface area (Å²) in [5.41, 5.74) is 3.45. The van der Waals surface area contributed by atoms with Crippen LogP contribution in [0.1, 0.15) is 68.8 Å². The van der Waals surface area contributed by atoms with E-state index in [0.717, 1.165) is 32.1 Å². The number of allylic oxidation sites excluding steroid dienone is 4. The molecular formula is C27H35BrO3. The molecule has 0 bridgehead atoms. The molecule has 31 heavy (non-hydrogen) atoms. The Hall–Kier alpha value is -1.81. The highest BCUT2D eigenvalue weighted by atomic mass is 79.9. The number of carbonyl (C=O) groups is 1. The summed E-state index contributed by atoms with van der Waals surface area (Å²) in [6.45, 7) is 15.7. The number of hydrogen-bond acceptors (Lipinski definition) is 2. The third-order valence-corrected chi connectivity index (χ3v) is 9.27. The zero-order valence-electron chi connectivity index (χ0n) is 19.0. The molecule has 2 aliphatic rings. The minimum absolute atomic E-state index is 0.0431. The average Bonchev–Trinajstić information content (AvgIpc) is 2.68. The Morgan fingerprint density at radius 3 is 2.55 bits per heavy atom. The highest BCUT2D eigenvalue weighted by molar-refractivity contribution is 9.09. The van der Waals surface area contributed by atoms with Gasteiger partial charge in [-0.05, 0) is 85.0 Å². The molecule has 3 rings (SSSR count). The van der Waals surface area contributed by atoms with Crippen LogP contribution in [-0.2, 0) is 6.42 Å². The summed E-state index contributed by atoms with van der Waals surface area (Å²) in [6.07, 6.45) is 10.2. The number of carboxylic acids is 1. The molecule has 0 aliphatic heterocycles. The van der Waals surface area contributed by atoms with Gasteiger partial charge in [0.15, 0.2) is 0 Å². The Balaban J connectivity index is 1.88. The van der Waals surface area contributed by atoms with Gasteiger partial charge in [0.1, 0.15) is 5.75 Å². The molecule has 1 fully saturated rings. The number of hydrogen-bond donors (Lipinski definition) is 2. The summed E-state index contributed by atoms with van der Waals surface area (Å²) in [6, 6.07) is 4.56. The van der Waals surface area contributed by atoms with E-state index in [1.807, 2.05) is 0 Å². The van der Waals surface area contributed by atoms with Crippen LogP contribution in [0.15, 0.2) is 54.7 Å². The number of alkyl halides is 1. The van der Waals surface area contributed by atoms with Gasteiger partial charge in [-0.2, -0.15) is 0 Å². The Morgan fingerprint density at radius 2 is 1.90 bits per heavy atom. The summed E-state index contributed by atoms with van der Waals surface area (Å²) >= 11 is 3.98. The van der Waals surface area contributed by atoms with Gasteiger partial charge in [-0.25, -0.2) is 4.79 Å². The molecule has 1 aromatic rings. The lowest BCUT2D eigenvalue weighted by atomic mass is 9.59. The van der Waals surface area contributed by atoms with Gasteiger partial charge < -0.3 is 10.2 Å². The van der Waals surface area contributed by atoms with Gasteiger partial charge in [0.25, 0.3) is 0 Å². The summed E-state index contributed by atoms with van der Waals surface area (Å²) in [4.78, 5) is 11.8. The number of aromatic carboxylic acids is 1. The molecule has 3 nitrogen and oxygen atoms in total. The van der Waals surface area contributed by atoms with Crippen molar-refractivity contribution in [1.82, 2.24) is 0 Å². The maximum Gasteiger partial charge on any atom is 0.335 e. The zero-order chi connectivity index (χ0) is 23.0. The van der Waals surface area contributed by atoms with E-state index >= 15 is 0 Å². The highest BCUT2D eigenvalue weighted by Gasteiger charge is 2.45. The monoisotopic (exact) mass is 486 g/mol. The molecule has 0 radical (unpaired) electrons. The lowest BCUT2D eigenvalue weighted by Gasteiger charge is -2.48. The molecule has 168 valence electrons. The first-order valence-electron chi connectivity index (χ1n) is 11.2. The first-order chi connectivity index (χ1) is 14.5. The zero-order valence-corrected chi connectivity index (χ0v) is 20.5. The summed E-state index contributed by atoms with van der Waals surface area (Å²) < 4.78 is 0. The van der Waals surface area contributed by atoms with E-state index in [0.29, 0.717) is 22.7 Å². The molecule has 1 aromatic carbocycles. The second-order valence-electron chi connectivity index (χ2n) is 10.3. The number of phenolic OH excluding ortho intramolecular Hbond substituents is 1. The van der Waals surface area contributed by atoms with E-state index in [2.05, 4.69) is 62.0 Å². The number of phenols is 1. The molecule has 2 aliphatic carbocycles. The number of aromatic hydroxyl groups is 1. The fourth-order valence-electron chi connectivity index (χ4n) is 5.64. The van der Waals surface area contributed by atoms with Gasteiger partial charge >= 0.3 is 5.97 Å². The summed E-state index contributed by atoms with van der Waals surface area (Å²) in [5.74, 6) is -0.218. The Kier molecular flexibility index (Phi) is 6.90. The van der Waals surface area contributed by atoms with Gasteiger partial charge in [0.05, 0.1) is 5.56 Å². The molecule has 2 N–H and O–H groups in total. The number of benzene rings is 1. The average molecular weight is 487 g/mol.